The second-order valence-corrected chi connectivity index (χ2v) is 22.1. The number of halogens is 2. The molecule has 0 saturated carbocycles. The maximum atomic E-state index is 2.81. The molecule has 0 radical (unpaired) electrons. The molecule has 0 aromatic carbocycles. The highest BCUT2D eigenvalue weighted by molar-refractivity contribution is 14.3. The molecule has 0 unspecified atom stereocenters. The number of rotatable bonds is 2. The minimum atomic E-state index is -1.29. The Balaban J connectivity index is 1.96. The van der Waals surface area contributed by atoms with E-state index >= 15 is 0 Å². The zero-order chi connectivity index (χ0) is 10.7. The molecule has 88 valence electrons. The van der Waals surface area contributed by atoms with Gasteiger partial charge in [-0.1, -0.05) is 56.4 Å². The molecule has 0 aromatic rings. The molecule has 2 rings (SSSR count). The van der Waals surface area contributed by atoms with Crippen molar-refractivity contribution in [1.82, 2.24) is 9.13 Å². The summed E-state index contributed by atoms with van der Waals surface area (Å²) in [7, 11) is 0. The van der Waals surface area contributed by atoms with Crippen LogP contribution in [0.1, 0.15) is 38.5 Å². The molecule has 15 heavy (non-hydrogen) atoms. The molecule has 0 spiro atoms. The van der Waals surface area contributed by atoms with Crippen molar-refractivity contribution >= 4 is 47.0 Å². The van der Waals surface area contributed by atoms with Crippen molar-refractivity contribution in [2.45, 2.75) is 38.5 Å². The summed E-state index contributed by atoms with van der Waals surface area (Å²) in [6.07, 6.45) is 8.61. The number of piperidine rings is 2. The summed E-state index contributed by atoms with van der Waals surface area (Å²) in [5, 5.41) is 0. The van der Waals surface area contributed by atoms with Crippen LogP contribution in [0.25, 0.3) is 0 Å². The predicted octanol–water partition coefficient (Wildman–Crippen LogP) is 3.26. The van der Waals surface area contributed by atoms with Crippen LogP contribution in [0.15, 0.2) is 0 Å². The van der Waals surface area contributed by atoms with Gasteiger partial charge in [0.15, 0.2) is 0 Å². The molecule has 2 heterocycles. The Morgan fingerprint density at radius 3 is 1.27 bits per heavy atom. The summed E-state index contributed by atoms with van der Waals surface area (Å²) in [6, 6.07) is 0. The molecule has 2 nitrogen and oxygen atoms in total. The van der Waals surface area contributed by atoms with Crippen LogP contribution in [-0.2, 0) is 0 Å². The van der Waals surface area contributed by atoms with E-state index in [0.717, 1.165) is 0 Å². The van der Waals surface area contributed by atoms with Gasteiger partial charge in [-0.2, -0.15) is 0 Å². The molecule has 0 aliphatic carbocycles. The molecule has 5 heteroatoms. The molecule has 0 bridgehead atoms. The van der Waals surface area contributed by atoms with Crippen molar-refractivity contribution in [1.29, 1.82) is 0 Å². The number of hydrogen-bond donors (Lipinski definition) is 0. The number of nitrogens with zero attached hydrogens (tertiary/aromatic N) is 2. The number of hydrogen-bond acceptors (Lipinski definition) is 2. The minimum absolute atomic E-state index is 1.29. The summed E-state index contributed by atoms with van der Waals surface area (Å²) in [6.45, 7) is 5.42. The summed E-state index contributed by atoms with van der Waals surface area (Å²) in [5.41, 5.74) is 0. The van der Waals surface area contributed by atoms with E-state index in [2.05, 4.69) is 52.7 Å². The second kappa shape index (κ2) is 5.97. The van der Waals surface area contributed by atoms with E-state index in [1.807, 2.05) is 0 Å². The highest BCUT2D eigenvalue weighted by Gasteiger charge is 2.42. The quantitative estimate of drug-likeness (QED) is 0.362. The lowest BCUT2D eigenvalue weighted by Crippen LogP contribution is -2.59. The van der Waals surface area contributed by atoms with Gasteiger partial charge in [0.2, 0.25) is 0 Å². The van der Waals surface area contributed by atoms with E-state index in [1.165, 1.54) is 64.7 Å². The highest BCUT2D eigenvalue weighted by Crippen LogP contribution is 2.34. The maximum absolute atomic E-state index is 2.81. The Morgan fingerprint density at radius 1 is 0.600 bits per heavy atom. The van der Waals surface area contributed by atoms with Crippen LogP contribution < -0.4 is 0 Å². The van der Waals surface area contributed by atoms with Gasteiger partial charge in [-0.3, -0.25) is 9.13 Å². The van der Waals surface area contributed by atoms with Gasteiger partial charge in [-0.15, -0.1) is 0 Å². The normalized spacial score (nSPS) is 26.8. The minimum Gasteiger partial charge on any atom is -0.296 e. The van der Waals surface area contributed by atoms with E-state index in [-0.39, 0.29) is 0 Å². The van der Waals surface area contributed by atoms with E-state index in [0.29, 0.717) is 0 Å². The zero-order valence-electron chi connectivity index (χ0n) is 9.22. The third-order valence-electron chi connectivity index (χ3n) is 3.47. The molecule has 2 saturated heterocycles. The molecule has 0 amide bonds. The molecular weight excluding hydrogens is 430 g/mol. The van der Waals surface area contributed by atoms with Gasteiger partial charge in [-0.25, -0.2) is 0 Å². The van der Waals surface area contributed by atoms with Crippen LogP contribution in [0.5, 0.6) is 0 Å². The molecule has 0 atom stereocenters. The second-order valence-electron chi connectivity index (χ2n) is 4.60. The Labute approximate surface area is 120 Å². The van der Waals surface area contributed by atoms with Crippen LogP contribution in [0.3, 0.4) is 0 Å². The van der Waals surface area contributed by atoms with Crippen molar-refractivity contribution in [3.63, 3.8) is 0 Å². The van der Waals surface area contributed by atoms with Gasteiger partial charge >= 0.3 is 3.39 Å². The first-order valence-corrected chi connectivity index (χ1v) is 14.2. The van der Waals surface area contributed by atoms with Crippen LogP contribution in [0, 0.1) is 0 Å². The molecule has 0 N–H and O–H groups in total. The lowest BCUT2D eigenvalue weighted by molar-refractivity contribution is 0.289. The fraction of sp³-hybridized carbons (Fsp3) is 1.00. The molecule has 2 aliphatic heterocycles. The van der Waals surface area contributed by atoms with Crippen molar-refractivity contribution < 1.29 is 0 Å². The third-order valence-corrected chi connectivity index (χ3v) is 14.1. The Kier molecular flexibility index (Phi) is 5.19. The first-order chi connectivity index (χ1) is 7.21. The summed E-state index contributed by atoms with van der Waals surface area (Å²) in [4.78, 5) is 0. The van der Waals surface area contributed by atoms with Gasteiger partial charge in [0.1, 0.15) is 0 Å². The van der Waals surface area contributed by atoms with Gasteiger partial charge < -0.3 is 0 Å². The smallest absolute Gasteiger partial charge is 0.296 e. The molecule has 2 fully saturated rings. The monoisotopic (exact) mass is 450 g/mol. The van der Waals surface area contributed by atoms with Crippen molar-refractivity contribution in [2.75, 3.05) is 26.2 Å². The molecular formula is C10H20I2N2Si. The first kappa shape index (κ1) is 13.0. The fourth-order valence-electron chi connectivity index (χ4n) is 2.53. The van der Waals surface area contributed by atoms with Crippen molar-refractivity contribution in [2.24, 2.45) is 0 Å². The van der Waals surface area contributed by atoms with Crippen LogP contribution in [0.4, 0.5) is 0 Å². The maximum Gasteiger partial charge on any atom is 0.343 e. The Bertz CT molecular complexity index is 182. The zero-order valence-corrected chi connectivity index (χ0v) is 14.5. The van der Waals surface area contributed by atoms with E-state index in [9.17, 15) is 0 Å². The standard InChI is InChI=1S/C10H20I2N2Si/c11-15(12,13-7-3-1-4-8-13)14-9-5-2-6-10-14/h1-10H2. The van der Waals surface area contributed by atoms with Crippen LogP contribution in [-0.4, -0.2) is 38.7 Å². The SMILES string of the molecule is I[Si](I)(N1CCCCC1)N1CCCCC1. The van der Waals surface area contributed by atoms with E-state index < -0.39 is 3.39 Å². The molecule has 2 aliphatic rings. The Hall–Kier alpha value is 1.60. The van der Waals surface area contributed by atoms with Crippen molar-refractivity contribution in [3.8, 4) is 0 Å². The van der Waals surface area contributed by atoms with Gasteiger partial charge in [0.25, 0.3) is 0 Å². The summed E-state index contributed by atoms with van der Waals surface area (Å²) >= 11 is 5.58. The summed E-state index contributed by atoms with van der Waals surface area (Å²) < 4.78 is 4.32. The van der Waals surface area contributed by atoms with Gasteiger partial charge in [-0.05, 0) is 51.9 Å². The summed E-state index contributed by atoms with van der Waals surface area (Å²) in [5.74, 6) is 0. The average Bonchev–Trinajstić information content (AvgIpc) is 2.31. The van der Waals surface area contributed by atoms with Crippen LogP contribution >= 0.6 is 43.6 Å². The third kappa shape index (κ3) is 3.29. The lowest BCUT2D eigenvalue weighted by atomic mass is 10.2. The molecule has 0 aromatic heterocycles. The van der Waals surface area contributed by atoms with Crippen LogP contribution in [0.2, 0.25) is 0 Å². The fourth-order valence-corrected chi connectivity index (χ4v) is 10.4. The average molecular weight is 450 g/mol. The first-order valence-electron chi connectivity index (χ1n) is 6.09. The van der Waals surface area contributed by atoms with E-state index in [1.54, 1.807) is 0 Å². The largest absolute Gasteiger partial charge is 0.343 e. The van der Waals surface area contributed by atoms with Crippen molar-refractivity contribution in [3.05, 3.63) is 0 Å². The lowest BCUT2D eigenvalue weighted by Gasteiger charge is -2.44. The topological polar surface area (TPSA) is 6.48 Å². The highest BCUT2D eigenvalue weighted by atomic mass is 127. The van der Waals surface area contributed by atoms with Gasteiger partial charge in [0.05, 0.1) is 0 Å². The van der Waals surface area contributed by atoms with Gasteiger partial charge in [0, 0.05) is 0 Å². The predicted molar refractivity (Wildman–Crippen MR) is 84.6 cm³/mol. The Morgan fingerprint density at radius 2 is 0.933 bits per heavy atom. The van der Waals surface area contributed by atoms with E-state index in [4.69, 9.17) is 0 Å².